The first kappa shape index (κ1) is 19.9. The van der Waals surface area contributed by atoms with Crippen molar-refractivity contribution < 1.29 is 9.59 Å². The van der Waals surface area contributed by atoms with Crippen molar-refractivity contribution in [3.63, 3.8) is 0 Å². The minimum Gasteiger partial charge on any atom is -0.344 e. The van der Waals surface area contributed by atoms with Crippen LogP contribution in [0.4, 0.5) is 0 Å². The minimum absolute atomic E-state index is 0.0595. The molecule has 2 heterocycles. The first-order chi connectivity index (χ1) is 14.1. The fourth-order valence-electron chi connectivity index (χ4n) is 4.82. The van der Waals surface area contributed by atoms with Crippen LogP contribution in [0.3, 0.4) is 0 Å². The Labute approximate surface area is 172 Å². The second-order valence-corrected chi connectivity index (χ2v) is 8.60. The van der Waals surface area contributed by atoms with Gasteiger partial charge in [0.2, 0.25) is 11.8 Å². The summed E-state index contributed by atoms with van der Waals surface area (Å²) in [5.41, 5.74) is 1.88. The SMILES string of the molecule is CCCCN(C)C(=O)Cn1c([C@@H]2CC(=O)N(C3CCCC3)C2)nc2ccccc21. The number of carbonyl (C=O) groups is 2. The summed E-state index contributed by atoms with van der Waals surface area (Å²) < 4.78 is 2.05. The Morgan fingerprint density at radius 1 is 1.24 bits per heavy atom. The highest BCUT2D eigenvalue weighted by Gasteiger charge is 2.38. The van der Waals surface area contributed by atoms with Gasteiger partial charge in [0.25, 0.3) is 0 Å². The molecule has 2 aromatic rings. The van der Waals surface area contributed by atoms with Crippen LogP contribution in [-0.4, -0.2) is 57.3 Å². The van der Waals surface area contributed by atoms with E-state index in [1.807, 2.05) is 36.2 Å². The van der Waals surface area contributed by atoms with E-state index >= 15 is 0 Å². The van der Waals surface area contributed by atoms with Crippen LogP contribution < -0.4 is 0 Å². The third-order valence-corrected chi connectivity index (χ3v) is 6.54. The van der Waals surface area contributed by atoms with Gasteiger partial charge in [-0.25, -0.2) is 4.98 Å². The number of hydrogen-bond acceptors (Lipinski definition) is 3. The zero-order chi connectivity index (χ0) is 20.4. The highest BCUT2D eigenvalue weighted by Crippen LogP contribution is 2.35. The largest absolute Gasteiger partial charge is 0.344 e. The lowest BCUT2D eigenvalue weighted by Gasteiger charge is -2.24. The molecule has 1 aromatic carbocycles. The number of unbranched alkanes of at least 4 members (excludes halogenated alkanes) is 1. The van der Waals surface area contributed by atoms with Crippen molar-refractivity contribution in [1.82, 2.24) is 19.4 Å². The lowest BCUT2D eigenvalue weighted by Crippen LogP contribution is -2.34. The van der Waals surface area contributed by atoms with Crippen LogP contribution in [-0.2, 0) is 16.1 Å². The van der Waals surface area contributed by atoms with Crippen LogP contribution in [0.1, 0.15) is 63.6 Å². The predicted octanol–water partition coefficient (Wildman–Crippen LogP) is 3.55. The van der Waals surface area contributed by atoms with E-state index < -0.39 is 0 Å². The Hall–Kier alpha value is -2.37. The summed E-state index contributed by atoms with van der Waals surface area (Å²) in [6.45, 7) is 3.92. The van der Waals surface area contributed by atoms with Crippen molar-refractivity contribution in [1.29, 1.82) is 0 Å². The Bertz CT molecular complexity index is 884. The first-order valence-electron chi connectivity index (χ1n) is 11.1. The molecule has 2 amide bonds. The van der Waals surface area contributed by atoms with E-state index in [0.717, 1.165) is 55.6 Å². The van der Waals surface area contributed by atoms with Crippen LogP contribution in [0.2, 0.25) is 0 Å². The van der Waals surface area contributed by atoms with Gasteiger partial charge in [0.1, 0.15) is 12.4 Å². The van der Waals surface area contributed by atoms with E-state index in [4.69, 9.17) is 4.98 Å². The number of amides is 2. The highest BCUT2D eigenvalue weighted by molar-refractivity contribution is 5.83. The zero-order valence-electron chi connectivity index (χ0n) is 17.6. The molecule has 1 atom stereocenters. The second kappa shape index (κ2) is 8.56. The van der Waals surface area contributed by atoms with Crippen molar-refractivity contribution in [2.75, 3.05) is 20.1 Å². The molecule has 2 aliphatic rings. The minimum atomic E-state index is 0.0595. The number of aromatic nitrogens is 2. The van der Waals surface area contributed by atoms with Gasteiger partial charge in [-0.1, -0.05) is 38.3 Å². The lowest BCUT2D eigenvalue weighted by molar-refractivity contribution is -0.130. The zero-order valence-corrected chi connectivity index (χ0v) is 17.6. The van der Waals surface area contributed by atoms with Crippen molar-refractivity contribution >= 4 is 22.8 Å². The Kier molecular flexibility index (Phi) is 5.88. The predicted molar refractivity (Wildman–Crippen MR) is 114 cm³/mol. The van der Waals surface area contributed by atoms with Crippen molar-refractivity contribution in [2.45, 2.75) is 70.4 Å². The number of para-hydroxylation sites is 2. The molecule has 1 saturated heterocycles. The fourth-order valence-corrected chi connectivity index (χ4v) is 4.82. The smallest absolute Gasteiger partial charge is 0.242 e. The summed E-state index contributed by atoms with van der Waals surface area (Å²) in [5.74, 6) is 1.29. The molecule has 0 unspecified atom stereocenters. The van der Waals surface area contributed by atoms with Gasteiger partial charge in [-0.15, -0.1) is 0 Å². The summed E-state index contributed by atoms with van der Waals surface area (Å²) in [4.78, 5) is 34.4. The van der Waals surface area contributed by atoms with E-state index in [0.29, 0.717) is 12.5 Å². The van der Waals surface area contributed by atoms with Crippen molar-refractivity contribution in [3.8, 4) is 0 Å². The third-order valence-electron chi connectivity index (χ3n) is 6.54. The summed E-state index contributed by atoms with van der Waals surface area (Å²) in [6, 6.07) is 8.37. The summed E-state index contributed by atoms with van der Waals surface area (Å²) in [5, 5.41) is 0. The second-order valence-electron chi connectivity index (χ2n) is 8.60. The third kappa shape index (κ3) is 4.02. The highest BCUT2D eigenvalue weighted by atomic mass is 16.2. The maximum absolute atomic E-state index is 12.9. The van der Waals surface area contributed by atoms with E-state index in [9.17, 15) is 9.59 Å². The summed E-state index contributed by atoms with van der Waals surface area (Å²) in [6.07, 6.45) is 7.25. The molecule has 0 radical (unpaired) electrons. The lowest BCUT2D eigenvalue weighted by atomic mass is 10.1. The summed E-state index contributed by atoms with van der Waals surface area (Å²) in [7, 11) is 1.87. The molecule has 4 rings (SSSR count). The number of imidazole rings is 1. The maximum atomic E-state index is 12.9. The monoisotopic (exact) mass is 396 g/mol. The van der Waals surface area contributed by atoms with E-state index in [-0.39, 0.29) is 24.3 Å². The van der Waals surface area contributed by atoms with Gasteiger partial charge < -0.3 is 14.4 Å². The topological polar surface area (TPSA) is 58.4 Å². The fraction of sp³-hybridized carbons (Fsp3) is 0.609. The number of hydrogen-bond donors (Lipinski definition) is 0. The number of rotatable bonds is 7. The number of carbonyl (C=O) groups excluding carboxylic acids is 2. The molecule has 0 spiro atoms. The van der Waals surface area contributed by atoms with Crippen molar-refractivity contribution in [3.05, 3.63) is 30.1 Å². The molecule has 156 valence electrons. The standard InChI is InChI=1S/C23H32N4O2/c1-3-4-13-25(2)22(29)16-27-20-12-8-7-11-19(20)24-23(27)17-14-21(28)26(15-17)18-9-5-6-10-18/h7-8,11-12,17-18H,3-6,9-10,13-16H2,1-2H3/t17-/m1/s1. The molecule has 1 aliphatic heterocycles. The van der Waals surface area contributed by atoms with Crippen LogP contribution >= 0.6 is 0 Å². The number of likely N-dealkylation sites (tertiary alicyclic amines) is 1. The van der Waals surface area contributed by atoms with Crippen molar-refractivity contribution in [2.24, 2.45) is 0 Å². The maximum Gasteiger partial charge on any atom is 0.242 e. The molecule has 0 N–H and O–H groups in total. The average Bonchev–Trinajstić information content (AvgIpc) is 3.45. The van der Waals surface area contributed by atoms with Gasteiger partial charge in [0.15, 0.2) is 0 Å². The van der Waals surface area contributed by atoms with Gasteiger partial charge in [-0.3, -0.25) is 9.59 Å². The number of benzene rings is 1. The Morgan fingerprint density at radius 3 is 2.76 bits per heavy atom. The quantitative estimate of drug-likeness (QED) is 0.719. The Balaban J connectivity index is 1.60. The molecular weight excluding hydrogens is 364 g/mol. The van der Waals surface area contributed by atoms with Gasteiger partial charge in [-0.05, 0) is 31.4 Å². The number of fused-ring (bicyclic) bond motifs is 1. The molecule has 0 bridgehead atoms. The molecule has 1 saturated carbocycles. The van der Waals surface area contributed by atoms with Gasteiger partial charge >= 0.3 is 0 Å². The number of likely N-dealkylation sites (N-methyl/N-ethyl adjacent to an activating group) is 1. The Morgan fingerprint density at radius 2 is 2.00 bits per heavy atom. The van der Waals surface area contributed by atoms with Crippen LogP contribution in [0.5, 0.6) is 0 Å². The first-order valence-corrected chi connectivity index (χ1v) is 11.1. The molecule has 6 nitrogen and oxygen atoms in total. The molecule has 1 aromatic heterocycles. The van der Waals surface area contributed by atoms with Crippen LogP contribution in [0, 0.1) is 0 Å². The van der Waals surface area contributed by atoms with Crippen LogP contribution in [0.15, 0.2) is 24.3 Å². The van der Waals surface area contributed by atoms with Gasteiger partial charge in [0, 0.05) is 38.5 Å². The van der Waals surface area contributed by atoms with E-state index in [1.54, 1.807) is 0 Å². The van der Waals surface area contributed by atoms with E-state index in [2.05, 4.69) is 16.4 Å². The normalized spacial score (nSPS) is 20.1. The van der Waals surface area contributed by atoms with Crippen LogP contribution in [0.25, 0.3) is 11.0 Å². The summed E-state index contributed by atoms with van der Waals surface area (Å²) >= 11 is 0. The molecule has 2 fully saturated rings. The van der Waals surface area contributed by atoms with Gasteiger partial charge in [0.05, 0.1) is 11.0 Å². The molecule has 29 heavy (non-hydrogen) atoms. The molecule has 1 aliphatic carbocycles. The average molecular weight is 397 g/mol. The molecular formula is C23H32N4O2. The van der Waals surface area contributed by atoms with Gasteiger partial charge in [-0.2, -0.15) is 0 Å². The molecule has 6 heteroatoms. The number of nitrogens with zero attached hydrogens (tertiary/aromatic N) is 4. The van der Waals surface area contributed by atoms with E-state index in [1.165, 1.54) is 12.8 Å².